The minimum Gasteiger partial charge on any atom is -0.444 e. The number of carbonyl (C=O) groups excluding carboxylic acids is 3. The van der Waals surface area contributed by atoms with E-state index in [1.165, 1.54) is 9.80 Å². The van der Waals surface area contributed by atoms with Crippen molar-refractivity contribution < 1.29 is 28.3 Å². The van der Waals surface area contributed by atoms with Gasteiger partial charge in [-0.05, 0) is 59.7 Å². The zero-order valence-corrected chi connectivity index (χ0v) is 23.8. The van der Waals surface area contributed by atoms with Crippen molar-refractivity contribution in [3.63, 3.8) is 0 Å². The first-order valence-electron chi connectivity index (χ1n) is 11.4. The fraction of sp³-hybridized carbons (Fsp3) is 0.870. The number of likely N-dealkylation sites (N-methyl/N-ethyl adjacent to an activating group) is 1. The quantitative estimate of drug-likeness (QED) is 0.487. The van der Waals surface area contributed by atoms with E-state index < -0.39 is 37.8 Å². The second-order valence-corrected chi connectivity index (χ2v) is 16.6. The number of amides is 2. The third kappa shape index (κ3) is 11.9. The number of hydrogen-bond donors (Lipinski definition) is 1. The maximum absolute atomic E-state index is 13.0. The average Bonchev–Trinajstić information content (AvgIpc) is 2.58. The van der Waals surface area contributed by atoms with Gasteiger partial charge in [0.25, 0.3) is 0 Å². The van der Waals surface area contributed by atoms with E-state index in [2.05, 4.69) is 20.8 Å². The Bertz CT molecular complexity index is 677. The molecule has 2 N–H and O–H groups in total. The summed E-state index contributed by atoms with van der Waals surface area (Å²) in [5, 5.41) is -0.131. The lowest BCUT2D eigenvalue weighted by Gasteiger charge is -2.40. The van der Waals surface area contributed by atoms with Crippen molar-refractivity contribution in [2.45, 2.75) is 97.8 Å². The molecular weight excluding hydrogens is 442 g/mol. The number of ether oxygens (including phenoxy) is 2. The Balaban J connectivity index is 5.70. The van der Waals surface area contributed by atoms with E-state index in [1.54, 1.807) is 48.6 Å². The van der Waals surface area contributed by atoms with Crippen LogP contribution < -0.4 is 5.73 Å². The van der Waals surface area contributed by atoms with Crippen LogP contribution in [-0.2, 0) is 18.7 Å². The first-order valence-corrected chi connectivity index (χ1v) is 14.3. The molecule has 0 aliphatic carbocycles. The second kappa shape index (κ2) is 11.7. The topological polar surface area (TPSA) is 111 Å². The van der Waals surface area contributed by atoms with Crippen LogP contribution in [0.15, 0.2) is 0 Å². The maximum atomic E-state index is 13.0. The van der Waals surface area contributed by atoms with Crippen LogP contribution in [-0.4, -0.2) is 86.6 Å². The molecule has 0 bridgehead atoms. The summed E-state index contributed by atoms with van der Waals surface area (Å²) in [6, 6.07) is 0. The van der Waals surface area contributed by atoms with Gasteiger partial charge < -0.3 is 29.4 Å². The highest BCUT2D eigenvalue weighted by Crippen LogP contribution is 2.37. The summed E-state index contributed by atoms with van der Waals surface area (Å²) in [6.07, 6.45) is -1.97. The van der Waals surface area contributed by atoms with Gasteiger partial charge in [-0.25, -0.2) is 9.59 Å². The van der Waals surface area contributed by atoms with Gasteiger partial charge in [-0.2, -0.15) is 0 Å². The summed E-state index contributed by atoms with van der Waals surface area (Å²) in [5.74, 6) is -0.283. The molecule has 0 aliphatic heterocycles. The molecule has 0 fully saturated rings. The molecule has 0 aromatic carbocycles. The number of ketones is 1. The van der Waals surface area contributed by atoms with Gasteiger partial charge in [0.1, 0.15) is 17.3 Å². The molecule has 194 valence electrons. The monoisotopic (exact) mass is 489 g/mol. The van der Waals surface area contributed by atoms with Crippen molar-refractivity contribution in [1.82, 2.24) is 9.80 Å². The lowest BCUT2D eigenvalue weighted by molar-refractivity contribution is -0.125. The van der Waals surface area contributed by atoms with Crippen LogP contribution >= 0.6 is 0 Å². The molecule has 0 aromatic heterocycles. The van der Waals surface area contributed by atoms with E-state index in [0.717, 1.165) is 0 Å². The molecule has 0 aliphatic rings. The van der Waals surface area contributed by atoms with E-state index in [1.807, 2.05) is 13.1 Å². The Labute approximate surface area is 201 Å². The Morgan fingerprint density at radius 3 is 1.70 bits per heavy atom. The Hall–Kier alpha value is -1.65. The molecule has 9 nitrogen and oxygen atoms in total. The zero-order valence-electron chi connectivity index (χ0n) is 22.8. The van der Waals surface area contributed by atoms with E-state index in [9.17, 15) is 14.4 Å². The summed E-state index contributed by atoms with van der Waals surface area (Å²) < 4.78 is 17.3. The van der Waals surface area contributed by atoms with Crippen molar-refractivity contribution in [3.8, 4) is 0 Å². The summed E-state index contributed by atoms with van der Waals surface area (Å²) in [7, 11) is -0.731. The molecule has 1 atom stereocenters. The minimum atomic E-state index is -2.32. The number of nitrogens with two attached hydrogens (primary N) is 1. The molecule has 33 heavy (non-hydrogen) atoms. The molecule has 0 rings (SSSR count). The van der Waals surface area contributed by atoms with Gasteiger partial charge in [0.15, 0.2) is 14.1 Å². The molecule has 0 aromatic rings. The first-order chi connectivity index (χ1) is 14.6. The molecule has 0 radical (unpaired) electrons. The lowest BCUT2D eigenvalue weighted by atomic mass is 10.2. The van der Waals surface area contributed by atoms with Crippen molar-refractivity contribution in [1.29, 1.82) is 0 Å². The molecule has 0 saturated carbocycles. The standard InChI is InChI=1S/C23H47N3O6Si/c1-21(2,3)30-19(28)25(10)13-14-26(20(29)31-22(4,5)6)16-18(17(27)15-24)32-33(11,12)23(7,8)9/h18H,13-16,24H2,1-12H3/t18-/m0/s1. The summed E-state index contributed by atoms with van der Waals surface area (Å²) in [4.78, 5) is 40.7. The predicted octanol–water partition coefficient (Wildman–Crippen LogP) is 4.01. The van der Waals surface area contributed by atoms with E-state index in [4.69, 9.17) is 19.6 Å². The van der Waals surface area contributed by atoms with Crippen LogP contribution in [0.25, 0.3) is 0 Å². The zero-order chi connectivity index (χ0) is 26.4. The van der Waals surface area contributed by atoms with Crippen LogP contribution in [0.5, 0.6) is 0 Å². The summed E-state index contributed by atoms with van der Waals surface area (Å²) in [6.45, 7) is 21.1. The molecule has 2 amide bonds. The number of hydrogen-bond acceptors (Lipinski definition) is 7. The van der Waals surface area contributed by atoms with Crippen LogP contribution in [0.4, 0.5) is 9.59 Å². The third-order valence-corrected chi connectivity index (χ3v) is 9.74. The smallest absolute Gasteiger partial charge is 0.410 e. The second-order valence-electron chi connectivity index (χ2n) is 11.9. The van der Waals surface area contributed by atoms with Gasteiger partial charge in [0.05, 0.1) is 13.1 Å². The van der Waals surface area contributed by atoms with Crippen molar-refractivity contribution in [3.05, 3.63) is 0 Å². The normalized spacial score (nSPS) is 13.8. The lowest BCUT2D eigenvalue weighted by Crippen LogP contribution is -2.53. The fourth-order valence-corrected chi connectivity index (χ4v) is 3.63. The van der Waals surface area contributed by atoms with Crippen LogP contribution in [0.1, 0.15) is 62.3 Å². The van der Waals surface area contributed by atoms with Crippen molar-refractivity contribution in [2.75, 3.05) is 33.2 Å². The molecular formula is C23H47N3O6Si. The SMILES string of the molecule is CN(CCN(C[C@H](O[Si](C)(C)C(C)(C)C)C(=O)CN)C(=O)OC(C)(C)C)C(=O)OC(C)(C)C. The molecule has 0 spiro atoms. The Kier molecular flexibility index (Phi) is 11.1. The largest absolute Gasteiger partial charge is 0.444 e. The highest BCUT2D eigenvalue weighted by atomic mass is 28.4. The van der Waals surface area contributed by atoms with Crippen molar-refractivity contribution >= 4 is 26.3 Å². The first kappa shape index (κ1) is 31.3. The summed E-state index contributed by atoms with van der Waals surface area (Å²) >= 11 is 0. The van der Waals surface area contributed by atoms with Gasteiger partial charge in [-0.15, -0.1) is 0 Å². The highest BCUT2D eigenvalue weighted by Gasteiger charge is 2.41. The molecule has 0 heterocycles. The van der Waals surface area contributed by atoms with Crippen molar-refractivity contribution in [2.24, 2.45) is 5.73 Å². The van der Waals surface area contributed by atoms with Gasteiger partial charge in [-0.3, -0.25) is 4.79 Å². The van der Waals surface area contributed by atoms with Crippen LogP contribution in [0.3, 0.4) is 0 Å². The van der Waals surface area contributed by atoms with E-state index in [0.29, 0.717) is 0 Å². The number of rotatable bonds is 9. The maximum Gasteiger partial charge on any atom is 0.410 e. The third-order valence-electron chi connectivity index (χ3n) is 5.25. The van der Waals surface area contributed by atoms with Gasteiger partial charge >= 0.3 is 12.2 Å². The van der Waals surface area contributed by atoms with E-state index in [-0.39, 0.29) is 37.0 Å². The highest BCUT2D eigenvalue weighted by molar-refractivity contribution is 6.74. The predicted molar refractivity (Wildman–Crippen MR) is 133 cm³/mol. The minimum absolute atomic E-state index is 0.0143. The Morgan fingerprint density at radius 1 is 0.848 bits per heavy atom. The van der Waals surface area contributed by atoms with Gasteiger partial charge in [-0.1, -0.05) is 20.8 Å². The number of Topliss-reactive ketones (excluding diaryl/α,β-unsaturated/α-hetero) is 1. The molecule has 0 saturated heterocycles. The van der Waals surface area contributed by atoms with Gasteiger partial charge in [0.2, 0.25) is 0 Å². The van der Waals surface area contributed by atoms with Crippen LogP contribution in [0, 0.1) is 0 Å². The van der Waals surface area contributed by atoms with Gasteiger partial charge in [0, 0.05) is 20.1 Å². The summed E-state index contributed by atoms with van der Waals surface area (Å²) in [5.41, 5.74) is 4.30. The number of nitrogens with zero attached hydrogens (tertiary/aromatic N) is 2. The average molecular weight is 490 g/mol. The van der Waals surface area contributed by atoms with Crippen LogP contribution in [0.2, 0.25) is 18.1 Å². The Morgan fingerprint density at radius 2 is 1.30 bits per heavy atom. The number of carbonyl (C=O) groups is 3. The van der Waals surface area contributed by atoms with E-state index >= 15 is 0 Å². The fourth-order valence-electron chi connectivity index (χ4n) is 2.35. The molecule has 0 unspecified atom stereocenters. The molecule has 10 heteroatoms.